The van der Waals surface area contributed by atoms with E-state index in [2.05, 4.69) is 11.9 Å². The molecule has 0 aromatic carbocycles. The molecule has 0 spiro atoms. The molecule has 0 saturated heterocycles. The van der Waals surface area contributed by atoms with Crippen LogP contribution in [-0.2, 0) is 6.42 Å². The van der Waals surface area contributed by atoms with Crippen LogP contribution in [0.15, 0.2) is 6.20 Å². The molecule has 1 heterocycles. The molecule has 0 saturated carbocycles. The van der Waals surface area contributed by atoms with Crippen molar-refractivity contribution in [1.82, 2.24) is 4.98 Å². The minimum absolute atomic E-state index is 0.867. The van der Waals surface area contributed by atoms with Gasteiger partial charge in [-0.1, -0.05) is 0 Å². The van der Waals surface area contributed by atoms with E-state index >= 15 is 0 Å². The molecule has 0 aliphatic rings. The van der Waals surface area contributed by atoms with Gasteiger partial charge in [-0.25, -0.2) is 4.98 Å². The Hall–Kier alpha value is -0.370. The van der Waals surface area contributed by atoms with Crippen molar-refractivity contribution in [3.63, 3.8) is 0 Å². The fraction of sp³-hybridized carbons (Fsp3) is 0.333. The average Bonchev–Trinajstić information content (AvgIpc) is 2.14. The van der Waals surface area contributed by atoms with Crippen LogP contribution < -0.4 is 0 Å². The van der Waals surface area contributed by atoms with Crippen LogP contribution in [0.4, 0.5) is 0 Å². The molecule has 1 nitrogen and oxygen atoms in total. The van der Waals surface area contributed by atoms with Gasteiger partial charge in [0.05, 0.1) is 5.01 Å². The van der Waals surface area contributed by atoms with Crippen LogP contribution in [0.2, 0.25) is 0 Å². The molecule has 0 fully saturated rings. The van der Waals surface area contributed by atoms with Crippen LogP contribution in [0.1, 0.15) is 9.88 Å². The summed E-state index contributed by atoms with van der Waals surface area (Å²) in [6.45, 7) is 5.74. The fourth-order valence-corrected chi connectivity index (χ4v) is 1.21. The summed E-state index contributed by atoms with van der Waals surface area (Å²) in [5.74, 6) is 0. The predicted molar refractivity (Wildman–Crippen MR) is 35.9 cm³/mol. The molecule has 0 bridgehead atoms. The third kappa shape index (κ3) is 1.07. The SMILES string of the molecule is [CH2]Cc1cnc(C)s1. The van der Waals surface area contributed by atoms with E-state index in [0.29, 0.717) is 0 Å². The molecule has 1 radical (unpaired) electrons. The average molecular weight is 126 g/mol. The highest BCUT2D eigenvalue weighted by Gasteiger charge is 1.91. The first-order valence-electron chi connectivity index (χ1n) is 2.53. The summed E-state index contributed by atoms with van der Waals surface area (Å²) in [5, 5.41) is 1.13. The smallest absolute Gasteiger partial charge is 0.0896 e. The highest BCUT2D eigenvalue weighted by Crippen LogP contribution is 2.10. The Kier molecular flexibility index (Phi) is 1.63. The molecule has 0 atom stereocenters. The Balaban J connectivity index is 2.84. The lowest BCUT2D eigenvalue weighted by Crippen LogP contribution is -1.65. The van der Waals surface area contributed by atoms with Crippen LogP contribution in [0.25, 0.3) is 0 Å². The third-order valence-corrected chi connectivity index (χ3v) is 1.89. The van der Waals surface area contributed by atoms with Gasteiger partial charge in [0.25, 0.3) is 0 Å². The van der Waals surface area contributed by atoms with E-state index in [1.807, 2.05) is 13.1 Å². The minimum atomic E-state index is 0.867. The monoisotopic (exact) mass is 126 g/mol. The van der Waals surface area contributed by atoms with E-state index in [9.17, 15) is 0 Å². The van der Waals surface area contributed by atoms with Gasteiger partial charge in [0.1, 0.15) is 0 Å². The Labute approximate surface area is 53.4 Å². The maximum atomic E-state index is 4.07. The number of rotatable bonds is 1. The van der Waals surface area contributed by atoms with Crippen molar-refractivity contribution >= 4 is 11.3 Å². The molecule has 0 unspecified atom stereocenters. The Bertz CT molecular complexity index is 169. The van der Waals surface area contributed by atoms with Gasteiger partial charge in [-0.3, -0.25) is 0 Å². The summed E-state index contributed by atoms with van der Waals surface area (Å²) in [6, 6.07) is 0. The van der Waals surface area contributed by atoms with Crippen LogP contribution in [-0.4, -0.2) is 4.98 Å². The molecule has 0 amide bonds. The lowest BCUT2D eigenvalue weighted by molar-refractivity contribution is 1.25. The van der Waals surface area contributed by atoms with Crippen molar-refractivity contribution in [2.24, 2.45) is 0 Å². The quantitative estimate of drug-likeness (QED) is 0.559. The van der Waals surface area contributed by atoms with E-state index < -0.39 is 0 Å². The highest BCUT2D eigenvalue weighted by atomic mass is 32.1. The summed E-state index contributed by atoms with van der Waals surface area (Å²) >= 11 is 1.71. The molecular weight excluding hydrogens is 118 g/mol. The molecule has 1 rings (SSSR count). The Morgan fingerprint density at radius 2 is 2.62 bits per heavy atom. The summed E-state index contributed by atoms with van der Waals surface area (Å²) in [5.41, 5.74) is 0. The van der Waals surface area contributed by atoms with Gasteiger partial charge in [-0.05, 0) is 20.3 Å². The van der Waals surface area contributed by atoms with Crippen molar-refractivity contribution in [2.45, 2.75) is 13.3 Å². The van der Waals surface area contributed by atoms with E-state index in [1.54, 1.807) is 11.3 Å². The highest BCUT2D eigenvalue weighted by molar-refractivity contribution is 7.11. The molecule has 8 heavy (non-hydrogen) atoms. The first kappa shape index (κ1) is 5.76. The second kappa shape index (κ2) is 2.27. The second-order valence-corrected chi connectivity index (χ2v) is 2.91. The molecule has 43 valence electrons. The van der Waals surface area contributed by atoms with Gasteiger partial charge in [0, 0.05) is 11.1 Å². The first-order chi connectivity index (χ1) is 3.83. The summed E-state index contributed by atoms with van der Waals surface area (Å²) < 4.78 is 0. The maximum Gasteiger partial charge on any atom is 0.0896 e. The van der Waals surface area contributed by atoms with Crippen LogP contribution in [0.5, 0.6) is 0 Å². The van der Waals surface area contributed by atoms with Gasteiger partial charge in [-0.15, -0.1) is 11.3 Å². The second-order valence-electron chi connectivity index (χ2n) is 1.60. The molecule has 0 aliphatic heterocycles. The topological polar surface area (TPSA) is 12.9 Å². The zero-order chi connectivity index (χ0) is 5.98. The van der Waals surface area contributed by atoms with Gasteiger partial charge in [0.2, 0.25) is 0 Å². The molecule has 1 aromatic rings. The number of hydrogen-bond acceptors (Lipinski definition) is 2. The Morgan fingerprint density at radius 1 is 1.88 bits per heavy atom. The Morgan fingerprint density at radius 3 is 2.88 bits per heavy atom. The van der Waals surface area contributed by atoms with Crippen LogP contribution in [0.3, 0.4) is 0 Å². The van der Waals surface area contributed by atoms with Crippen molar-refractivity contribution in [1.29, 1.82) is 0 Å². The van der Waals surface area contributed by atoms with Crippen molar-refractivity contribution in [3.8, 4) is 0 Å². The van der Waals surface area contributed by atoms with Gasteiger partial charge >= 0.3 is 0 Å². The van der Waals surface area contributed by atoms with Gasteiger partial charge in [-0.2, -0.15) is 0 Å². The number of aryl methyl sites for hydroxylation is 1. The van der Waals surface area contributed by atoms with E-state index in [-0.39, 0.29) is 0 Å². The van der Waals surface area contributed by atoms with E-state index in [4.69, 9.17) is 0 Å². The lowest BCUT2D eigenvalue weighted by Gasteiger charge is -1.77. The van der Waals surface area contributed by atoms with Crippen molar-refractivity contribution < 1.29 is 0 Å². The molecular formula is C6H8NS. The third-order valence-electron chi connectivity index (χ3n) is 0.916. The summed E-state index contributed by atoms with van der Waals surface area (Å²) in [4.78, 5) is 5.33. The number of hydrogen-bond donors (Lipinski definition) is 0. The summed E-state index contributed by atoms with van der Waals surface area (Å²) in [7, 11) is 0. The fourth-order valence-electron chi connectivity index (χ4n) is 0.521. The largest absolute Gasteiger partial charge is 0.250 e. The number of thiazole rings is 1. The van der Waals surface area contributed by atoms with Gasteiger partial charge in [0.15, 0.2) is 0 Å². The minimum Gasteiger partial charge on any atom is -0.250 e. The van der Waals surface area contributed by atoms with Crippen molar-refractivity contribution in [3.05, 3.63) is 23.0 Å². The number of nitrogens with zero attached hydrogens (tertiary/aromatic N) is 1. The van der Waals surface area contributed by atoms with Crippen molar-refractivity contribution in [2.75, 3.05) is 0 Å². The lowest BCUT2D eigenvalue weighted by atomic mass is 10.4. The molecule has 1 aromatic heterocycles. The normalized spacial score (nSPS) is 9.75. The number of aromatic nitrogens is 1. The molecule has 0 aliphatic carbocycles. The van der Waals surface area contributed by atoms with E-state index in [1.165, 1.54) is 4.88 Å². The maximum absolute atomic E-state index is 4.07. The zero-order valence-corrected chi connectivity index (χ0v) is 5.66. The zero-order valence-electron chi connectivity index (χ0n) is 4.85. The van der Waals surface area contributed by atoms with E-state index in [0.717, 1.165) is 11.4 Å². The van der Waals surface area contributed by atoms with Crippen LogP contribution >= 0.6 is 11.3 Å². The van der Waals surface area contributed by atoms with Crippen LogP contribution in [0, 0.1) is 13.8 Å². The molecule has 0 N–H and O–H groups in total. The summed E-state index contributed by atoms with van der Waals surface area (Å²) in [6.07, 6.45) is 2.75. The van der Waals surface area contributed by atoms with Gasteiger partial charge < -0.3 is 0 Å². The standard InChI is InChI=1S/C6H8NS/c1-3-6-4-7-5(2)8-6/h4H,1,3H2,2H3. The molecule has 2 heteroatoms. The predicted octanol–water partition coefficient (Wildman–Crippen LogP) is 1.83. The first-order valence-corrected chi connectivity index (χ1v) is 3.35.